The Kier molecular flexibility index (Phi) is 7.77. The Morgan fingerprint density at radius 1 is 1.27 bits per heavy atom. The van der Waals surface area contributed by atoms with Gasteiger partial charge in [-0.2, -0.15) is 5.26 Å². The lowest BCUT2D eigenvalue weighted by molar-refractivity contribution is 0.102. The molecule has 1 N–H and O–H groups in total. The van der Waals surface area contributed by atoms with Crippen LogP contribution in [0.1, 0.15) is 47.6 Å². The molecule has 0 spiro atoms. The third-order valence-corrected chi connectivity index (χ3v) is 6.39. The number of aromatic amines is 1. The van der Waals surface area contributed by atoms with Crippen LogP contribution < -0.4 is 10.3 Å². The number of Topliss-reactive ketones (excluding diaryl/α,β-unsaturated/α-hetero) is 1. The molecule has 0 amide bonds. The molecule has 0 aliphatic carbocycles. The molecule has 0 atom stereocenters. The van der Waals surface area contributed by atoms with Crippen LogP contribution in [0.2, 0.25) is 0 Å². The number of thioether (sulfide) groups is 1. The monoisotopic (exact) mass is 464 g/mol. The lowest BCUT2D eigenvalue weighted by atomic mass is 10.1. The molecular formula is C25H28N4O3S. The smallest absolute Gasteiger partial charge is 0.270 e. The summed E-state index contributed by atoms with van der Waals surface area (Å²) in [5, 5.41) is 9.76. The Balaban J connectivity index is 1.82. The van der Waals surface area contributed by atoms with Crippen molar-refractivity contribution in [2.24, 2.45) is 5.92 Å². The minimum absolute atomic E-state index is 0.0260. The number of methoxy groups -OCH3 is 1. The summed E-state index contributed by atoms with van der Waals surface area (Å²) in [5.41, 5.74) is 3.03. The van der Waals surface area contributed by atoms with Gasteiger partial charge < -0.3 is 14.3 Å². The zero-order valence-electron chi connectivity index (χ0n) is 19.6. The van der Waals surface area contributed by atoms with Gasteiger partial charge in [0, 0.05) is 29.1 Å². The summed E-state index contributed by atoms with van der Waals surface area (Å²) in [4.78, 5) is 32.5. The van der Waals surface area contributed by atoms with Crippen LogP contribution in [-0.2, 0) is 6.54 Å². The third kappa shape index (κ3) is 5.55. The summed E-state index contributed by atoms with van der Waals surface area (Å²) in [6.07, 6.45) is 1.04. The van der Waals surface area contributed by atoms with Crippen molar-refractivity contribution in [3.8, 4) is 23.1 Å². The van der Waals surface area contributed by atoms with E-state index >= 15 is 0 Å². The molecule has 2 heterocycles. The van der Waals surface area contributed by atoms with Gasteiger partial charge in [0.2, 0.25) is 0 Å². The maximum atomic E-state index is 13.0. The molecule has 2 aromatic heterocycles. The van der Waals surface area contributed by atoms with Crippen molar-refractivity contribution in [1.82, 2.24) is 14.5 Å². The van der Waals surface area contributed by atoms with Crippen molar-refractivity contribution in [2.45, 2.75) is 45.8 Å². The van der Waals surface area contributed by atoms with Crippen LogP contribution in [0.25, 0.3) is 11.3 Å². The number of ketones is 1. The van der Waals surface area contributed by atoms with E-state index in [1.165, 1.54) is 0 Å². The predicted octanol–water partition coefficient (Wildman–Crippen LogP) is 4.76. The maximum Gasteiger partial charge on any atom is 0.270 e. The van der Waals surface area contributed by atoms with E-state index in [-0.39, 0.29) is 22.8 Å². The first-order valence-electron chi connectivity index (χ1n) is 10.8. The first-order chi connectivity index (χ1) is 15.7. The van der Waals surface area contributed by atoms with Crippen molar-refractivity contribution in [3.05, 3.63) is 63.2 Å². The van der Waals surface area contributed by atoms with E-state index in [1.54, 1.807) is 31.4 Å². The highest BCUT2D eigenvalue weighted by molar-refractivity contribution is 7.99. The minimum Gasteiger partial charge on any atom is -0.497 e. The Bertz CT molecular complexity index is 1250. The summed E-state index contributed by atoms with van der Waals surface area (Å²) >= 11 is 1.16. The molecule has 0 unspecified atom stereocenters. The predicted molar refractivity (Wildman–Crippen MR) is 130 cm³/mol. The molecule has 0 aliphatic rings. The number of aromatic nitrogens is 3. The van der Waals surface area contributed by atoms with Crippen molar-refractivity contribution >= 4 is 17.5 Å². The lowest BCUT2D eigenvalue weighted by Crippen LogP contribution is -2.15. The minimum atomic E-state index is -0.528. The molecule has 1 aromatic carbocycles. The Morgan fingerprint density at radius 2 is 1.97 bits per heavy atom. The topological polar surface area (TPSA) is 101 Å². The Hall–Kier alpha value is -3.31. The molecule has 0 aliphatic heterocycles. The first-order valence-corrected chi connectivity index (χ1v) is 11.7. The third-order valence-electron chi connectivity index (χ3n) is 5.52. The average Bonchev–Trinajstić information content (AvgIpc) is 3.08. The molecule has 0 saturated heterocycles. The fourth-order valence-electron chi connectivity index (χ4n) is 3.61. The molecule has 8 heteroatoms. The van der Waals surface area contributed by atoms with Crippen LogP contribution in [0.4, 0.5) is 0 Å². The second-order valence-corrected chi connectivity index (χ2v) is 9.23. The molecule has 3 aromatic rings. The highest BCUT2D eigenvalue weighted by Gasteiger charge is 2.18. The van der Waals surface area contributed by atoms with Crippen LogP contribution in [0, 0.1) is 31.1 Å². The fraction of sp³-hybridized carbons (Fsp3) is 0.360. The summed E-state index contributed by atoms with van der Waals surface area (Å²) < 4.78 is 7.35. The molecule has 0 radical (unpaired) electrons. The quantitative estimate of drug-likeness (QED) is 0.278. The lowest BCUT2D eigenvalue weighted by Gasteiger charge is -2.11. The van der Waals surface area contributed by atoms with Gasteiger partial charge in [0.1, 0.15) is 17.4 Å². The second-order valence-electron chi connectivity index (χ2n) is 8.27. The molecule has 0 fully saturated rings. The zero-order chi connectivity index (χ0) is 24.1. The Morgan fingerprint density at radius 3 is 2.58 bits per heavy atom. The summed E-state index contributed by atoms with van der Waals surface area (Å²) in [7, 11) is 1.56. The zero-order valence-corrected chi connectivity index (χ0v) is 20.4. The van der Waals surface area contributed by atoms with Gasteiger partial charge in [0.25, 0.3) is 5.56 Å². The van der Waals surface area contributed by atoms with Gasteiger partial charge in [-0.05, 0) is 56.5 Å². The molecule has 33 heavy (non-hydrogen) atoms. The largest absolute Gasteiger partial charge is 0.497 e. The number of hydrogen-bond acceptors (Lipinski definition) is 6. The van der Waals surface area contributed by atoms with E-state index in [1.807, 2.05) is 26.0 Å². The van der Waals surface area contributed by atoms with Crippen molar-refractivity contribution in [1.29, 1.82) is 5.26 Å². The number of aryl methyl sites for hydroxylation is 1. The number of carbonyl (C=O) groups is 1. The SMILES string of the molecule is COc1ccc(-c2nc(SCC(=O)c3cc(C)n(CCC(C)C)c3C)[nH]c(=O)c2C#N)cc1. The number of nitriles is 1. The highest BCUT2D eigenvalue weighted by atomic mass is 32.2. The van der Waals surface area contributed by atoms with Crippen molar-refractivity contribution < 1.29 is 9.53 Å². The summed E-state index contributed by atoms with van der Waals surface area (Å²) in [5.74, 6) is 1.35. The standard InChI is InChI=1S/C25H28N4O3S/c1-15(2)10-11-29-16(3)12-20(17(29)4)22(30)14-33-25-27-23(21(13-26)24(31)28-25)18-6-8-19(32-5)9-7-18/h6-9,12,15H,10-11,14H2,1-5H3,(H,27,28,31). The van der Waals surface area contributed by atoms with Gasteiger partial charge in [-0.1, -0.05) is 25.6 Å². The number of carbonyl (C=O) groups excluding carboxylic acids is 1. The number of nitrogens with zero attached hydrogens (tertiary/aromatic N) is 3. The molecule has 3 rings (SSSR count). The number of hydrogen-bond donors (Lipinski definition) is 1. The van der Waals surface area contributed by atoms with E-state index < -0.39 is 5.56 Å². The van der Waals surface area contributed by atoms with Crippen molar-refractivity contribution in [2.75, 3.05) is 12.9 Å². The average molecular weight is 465 g/mol. The van der Waals surface area contributed by atoms with Gasteiger partial charge in [-0.3, -0.25) is 9.59 Å². The Labute approximate surface area is 197 Å². The van der Waals surface area contributed by atoms with Crippen molar-refractivity contribution in [3.63, 3.8) is 0 Å². The second kappa shape index (κ2) is 10.5. The van der Waals surface area contributed by atoms with E-state index in [0.29, 0.717) is 28.0 Å². The van der Waals surface area contributed by atoms with Crippen LogP contribution >= 0.6 is 11.8 Å². The van der Waals surface area contributed by atoms with Gasteiger partial charge in [-0.15, -0.1) is 0 Å². The number of rotatable bonds is 9. The number of H-pyrrole nitrogens is 1. The van der Waals surface area contributed by atoms with E-state index in [0.717, 1.165) is 36.1 Å². The maximum absolute atomic E-state index is 13.0. The molecule has 0 bridgehead atoms. The van der Waals surface area contributed by atoms with E-state index in [4.69, 9.17) is 4.74 Å². The van der Waals surface area contributed by atoms with Crippen LogP contribution in [0.15, 0.2) is 40.3 Å². The number of benzene rings is 1. The summed E-state index contributed by atoms with van der Waals surface area (Å²) in [6.45, 7) is 9.23. The molecule has 7 nitrogen and oxygen atoms in total. The highest BCUT2D eigenvalue weighted by Crippen LogP contribution is 2.25. The summed E-state index contributed by atoms with van der Waals surface area (Å²) in [6, 6.07) is 10.8. The molecule has 172 valence electrons. The van der Waals surface area contributed by atoms with Gasteiger partial charge in [0.15, 0.2) is 10.9 Å². The van der Waals surface area contributed by atoms with E-state index in [2.05, 4.69) is 28.4 Å². The van der Waals surface area contributed by atoms with Gasteiger partial charge >= 0.3 is 0 Å². The fourth-order valence-corrected chi connectivity index (χ4v) is 4.35. The molecule has 0 saturated carbocycles. The molecular weight excluding hydrogens is 436 g/mol. The number of nitrogens with one attached hydrogen (secondary N) is 1. The van der Waals surface area contributed by atoms with Gasteiger partial charge in [-0.25, -0.2) is 4.98 Å². The van der Waals surface area contributed by atoms with Gasteiger partial charge in [0.05, 0.1) is 18.6 Å². The van der Waals surface area contributed by atoms with Crippen LogP contribution in [0.3, 0.4) is 0 Å². The van der Waals surface area contributed by atoms with E-state index in [9.17, 15) is 14.9 Å². The van der Waals surface area contributed by atoms with Crippen LogP contribution in [-0.4, -0.2) is 33.2 Å². The van der Waals surface area contributed by atoms with Crippen LogP contribution in [0.5, 0.6) is 5.75 Å². The first kappa shape index (κ1) is 24.3. The normalized spacial score (nSPS) is 10.9. The number of ether oxygens (including phenoxy) is 1.